The minimum absolute atomic E-state index is 0.340. The van der Waals surface area contributed by atoms with Gasteiger partial charge in [0.2, 0.25) is 0 Å². The molecule has 1 aromatic rings. The molecule has 1 nitrogen and oxygen atoms in total. The van der Waals surface area contributed by atoms with Crippen molar-refractivity contribution in [3.63, 3.8) is 0 Å². The summed E-state index contributed by atoms with van der Waals surface area (Å²) in [5.74, 6) is 0.594. The zero-order valence-electron chi connectivity index (χ0n) is 7.39. The van der Waals surface area contributed by atoms with Gasteiger partial charge in [-0.2, -0.15) is 0 Å². The fourth-order valence-corrected chi connectivity index (χ4v) is 2.30. The molecule has 2 aliphatic heterocycles. The Balaban J connectivity index is 1.92. The topological polar surface area (TPSA) is 9.23 Å². The van der Waals surface area contributed by atoms with Crippen LogP contribution in [0.15, 0.2) is 42.5 Å². The average Bonchev–Trinajstić information content (AvgIpc) is 2.80. The molecular weight excluding hydrogens is 160 g/mol. The van der Waals surface area contributed by atoms with Gasteiger partial charge in [0.1, 0.15) is 0 Å². The molecular formula is C12H12O. The highest BCUT2D eigenvalue weighted by molar-refractivity contribution is 5.27. The van der Waals surface area contributed by atoms with Crippen LogP contribution in [0.1, 0.15) is 17.9 Å². The molecule has 3 unspecified atom stereocenters. The van der Waals surface area contributed by atoms with Crippen LogP contribution in [0, 0.1) is 0 Å². The Hall–Kier alpha value is -1.08. The maximum atomic E-state index is 5.73. The third-order valence-electron chi connectivity index (χ3n) is 2.96. The van der Waals surface area contributed by atoms with Crippen molar-refractivity contribution in [2.45, 2.75) is 24.5 Å². The summed E-state index contributed by atoms with van der Waals surface area (Å²) in [5.41, 5.74) is 1.42. The minimum Gasteiger partial charge on any atom is -0.366 e. The first kappa shape index (κ1) is 7.34. The van der Waals surface area contributed by atoms with Gasteiger partial charge in [0.05, 0.1) is 12.2 Å². The maximum Gasteiger partial charge on any atom is 0.0834 e. The molecule has 0 N–H and O–H groups in total. The van der Waals surface area contributed by atoms with Crippen LogP contribution < -0.4 is 0 Å². The first-order chi connectivity index (χ1) is 6.43. The molecule has 2 heterocycles. The molecule has 13 heavy (non-hydrogen) atoms. The van der Waals surface area contributed by atoms with E-state index < -0.39 is 0 Å². The third-order valence-corrected chi connectivity index (χ3v) is 2.96. The van der Waals surface area contributed by atoms with E-state index in [4.69, 9.17) is 4.74 Å². The van der Waals surface area contributed by atoms with E-state index in [1.807, 2.05) is 0 Å². The normalized spacial score (nSPS) is 35.5. The fourth-order valence-electron chi connectivity index (χ4n) is 2.30. The molecule has 0 aliphatic carbocycles. The second kappa shape index (κ2) is 2.71. The third kappa shape index (κ3) is 1.11. The summed E-state index contributed by atoms with van der Waals surface area (Å²) in [7, 11) is 0. The first-order valence-electron chi connectivity index (χ1n) is 4.82. The van der Waals surface area contributed by atoms with E-state index >= 15 is 0 Å². The first-order valence-corrected chi connectivity index (χ1v) is 4.82. The number of rotatable bonds is 1. The van der Waals surface area contributed by atoms with Gasteiger partial charge in [0.15, 0.2) is 0 Å². The summed E-state index contributed by atoms with van der Waals surface area (Å²) in [6.07, 6.45) is 6.27. The van der Waals surface area contributed by atoms with Crippen LogP contribution in [0.5, 0.6) is 0 Å². The number of hydrogen-bond donors (Lipinski definition) is 0. The summed E-state index contributed by atoms with van der Waals surface area (Å²) in [6.45, 7) is 0. The van der Waals surface area contributed by atoms with Crippen molar-refractivity contribution in [2.75, 3.05) is 0 Å². The van der Waals surface area contributed by atoms with Crippen molar-refractivity contribution in [1.29, 1.82) is 0 Å². The van der Waals surface area contributed by atoms with Crippen LogP contribution in [0.4, 0.5) is 0 Å². The predicted molar refractivity (Wildman–Crippen MR) is 51.6 cm³/mol. The summed E-state index contributed by atoms with van der Waals surface area (Å²) in [5, 5.41) is 0. The van der Waals surface area contributed by atoms with E-state index in [0.29, 0.717) is 18.1 Å². The van der Waals surface area contributed by atoms with Crippen LogP contribution in [0.2, 0.25) is 0 Å². The second-order valence-corrected chi connectivity index (χ2v) is 3.78. The van der Waals surface area contributed by atoms with Gasteiger partial charge >= 0.3 is 0 Å². The zero-order chi connectivity index (χ0) is 8.67. The van der Waals surface area contributed by atoms with E-state index in [-0.39, 0.29) is 0 Å². The van der Waals surface area contributed by atoms with E-state index in [1.165, 1.54) is 5.56 Å². The van der Waals surface area contributed by atoms with Gasteiger partial charge in [-0.25, -0.2) is 0 Å². The summed E-state index contributed by atoms with van der Waals surface area (Å²) >= 11 is 0. The molecule has 3 rings (SSSR count). The number of hydrogen-bond acceptors (Lipinski definition) is 1. The molecule has 0 radical (unpaired) electrons. The summed E-state index contributed by atoms with van der Waals surface area (Å²) < 4.78 is 5.73. The van der Waals surface area contributed by atoms with Crippen LogP contribution >= 0.6 is 0 Å². The second-order valence-electron chi connectivity index (χ2n) is 3.78. The molecule has 2 aliphatic rings. The molecule has 1 aromatic carbocycles. The number of fused-ring (bicyclic) bond motifs is 2. The summed E-state index contributed by atoms with van der Waals surface area (Å²) in [4.78, 5) is 0. The highest BCUT2D eigenvalue weighted by atomic mass is 16.5. The lowest BCUT2D eigenvalue weighted by molar-refractivity contribution is 0.116. The van der Waals surface area contributed by atoms with Crippen molar-refractivity contribution in [3.8, 4) is 0 Å². The SMILES string of the molecule is C1=CC2OC1CC2c1ccccc1. The minimum atomic E-state index is 0.340. The molecule has 1 heteroatoms. The molecule has 66 valence electrons. The highest BCUT2D eigenvalue weighted by Gasteiger charge is 2.37. The van der Waals surface area contributed by atoms with Crippen molar-refractivity contribution < 1.29 is 4.74 Å². The van der Waals surface area contributed by atoms with Gasteiger partial charge < -0.3 is 4.74 Å². The Bertz CT molecular complexity index is 328. The Kier molecular flexibility index (Phi) is 1.53. The van der Waals surface area contributed by atoms with Crippen LogP contribution in [0.3, 0.4) is 0 Å². The van der Waals surface area contributed by atoms with Crippen LogP contribution in [-0.4, -0.2) is 12.2 Å². The smallest absolute Gasteiger partial charge is 0.0834 e. The molecule has 3 atom stereocenters. The molecule has 0 spiro atoms. The Morgan fingerprint density at radius 3 is 2.54 bits per heavy atom. The molecule has 0 amide bonds. The number of benzene rings is 1. The van der Waals surface area contributed by atoms with Crippen molar-refractivity contribution in [2.24, 2.45) is 0 Å². The van der Waals surface area contributed by atoms with Gasteiger partial charge in [-0.05, 0) is 12.0 Å². The Labute approximate surface area is 78.0 Å². The lowest BCUT2D eigenvalue weighted by Crippen LogP contribution is -2.10. The zero-order valence-corrected chi connectivity index (χ0v) is 7.39. The van der Waals surface area contributed by atoms with Crippen molar-refractivity contribution in [3.05, 3.63) is 48.0 Å². The predicted octanol–water partition coefficient (Wildman–Crippen LogP) is 2.50. The van der Waals surface area contributed by atoms with E-state index in [9.17, 15) is 0 Å². The lowest BCUT2D eigenvalue weighted by atomic mass is 9.88. The monoisotopic (exact) mass is 172 g/mol. The molecule has 1 saturated heterocycles. The molecule has 2 bridgehead atoms. The van der Waals surface area contributed by atoms with Gasteiger partial charge in [0.25, 0.3) is 0 Å². The lowest BCUT2D eigenvalue weighted by Gasteiger charge is -2.15. The van der Waals surface area contributed by atoms with E-state index in [2.05, 4.69) is 42.5 Å². The Morgan fingerprint density at radius 1 is 1.08 bits per heavy atom. The van der Waals surface area contributed by atoms with E-state index in [0.717, 1.165) is 6.42 Å². The molecule has 0 saturated carbocycles. The maximum absolute atomic E-state index is 5.73. The van der Waals surface area contributed by atoms with Crippen LogP contribution in [0.25, 0.3) is 0 Å². The molecule has 1 fully saturated rings. The fraction of sp³-hybridized carbons (Fsp3) is 0.333. The largest absolute Gasteiger partial charge is 0.366 e. The van der Waals surface area contributed by atoms with Gasteiger partial charge in [-0.1, -0.05) is 42.5 Å². The molecule has 0 aromatic heterocycles. The van der Waals surface area contributed by atoms with Gasteiger partial charge in [-0.15, -0.1) is 0 Å². The van der Waals surface area contributed by atoms with Gasteiger partial charge in [0, 0.05) is 5.92 Å². The van der Waals surface area contributed by atoms with Gasteiger partial charge in [-0.3, -0.25) is 0 Å². The summed E-state index contributed by atoms with van der Waals surface area (Å²) in [6, 6.07) is 10.7. The standard InChI is InChI=1S/C12H12O/c1-2-4-9(5-3-1)11-8-10-6-7-12(11)13-10/h1-7,10-12H,8H2. The number of ether oxygens (including phenoxy) is 1. The Morgan fingerprint density at radius 2 is 1.92 bits per heavy atom. The van der Waals surface area contributed by atoms with Crippen molar-refractivity contribution in [1.82, 2.24) is 0 Å². The average molecular weight is 172 g/mol. The highest BCUT2D eigenvalue weighted by Crippen LogP contribution is 2.40. The van der Waals surface area contributed by atoms with Crippen LogP contribution in [-0.2, 0) is 4.74 Å². The van der Waals surface area contributed by atoms with E-state index in [1.54, 1.807) is 0 Å². The van der Waals surface area contributed by atoms with Crippen molar-refractivity contribution >= 4 is 0 Å². The quantitative estimate of drug-likeness (QED) is 0.591.